The van der Waals surface area contributed by atoms with Gasteiger partial charge in [-0.15, -0.1) is 0 Å². The van der Waals surface area contributed by atoms with Crippen LogP contribution in [-0.4, -0.2) is 40.2 Å². The molecule has 0 aliphatic rings. The van der Waals surface area contributed by atoms with Gasteiger partial charge in [0.15, 0.2) is 0 Å². The van der Waals surface area contributed by atoms with E-state index in [2.05, 4.69) is 32.8 Å². The summed E-state index contributed by atoms with van der Waals surface area (Å²) >= 11 is 0. The molecule has 0 fully saturated rings. The second-order valence-corrected chi connectivity index (χ2v) is 6.47. The topological polar surface area (TPSA) is 64.2 Å². The van der Waals surface area contributed by atoms with Crippen molar-refractivity contribution in [2.24, 2.45) is 11.1 Å². The number of carbonyl (C=O) groups excluding carboxylic acids is 1. The summed E-state index contributed by atoms with van der Waals surface area (Å²) in [6.07, 6.45) is 2.53. The highest BCUT2D eigenvalue weighted by Crippen LogP contribution is 2.24. The first-order valence-corrected chi connectivity index (χ1v) is 7.19. The zero-order valence-electron chi connectivity index (χ0n) is 13.6. The average molecular weight is 280 g/mol. The number of hydrogen-bond acceptors (Lipinski definition) is 3. The summed E-state index contributed by atoms with van der Waals surface area (Å²) in [4.78, 5) is 14.4. The molecule has 0 aromatic carbocycles. The lowest BCUT2D eigenvalue weighted by atomic mass is 9.87. The van der Waals surface area contributed by atoms with Gasteiger partial charge in [0.1, 0.15) is 0 Å². The van der Waals surface area contributed by atoms with Crippen LogP contribution in [0.25, 0.3) is 0 Å². The SMILES string of the molecule is Cc1c(C(=O)N(C)C(C)C(C)(C)C)cnn1CCCN. The molecule has 0 bridgehead atoms. The predicted molar refractivity (Wildman–Crippen MR) is 81.6 cm³/mol. The summed E-state index contributed by atoms with van der Waals surface area (Å²) < 4.78 is 1.86. The van der Waals surface area contributed by atoms with Crippen LogP contribution >= 0.6 is 0 Å². The fourth-order valence-electron chi connectivity index (χ4n) is 2.07. The third kappa shape index (κ3) is 3.60. The van der Waals surface area contributed by atoms with Crippen molar-refractivity contribution >= 4 is 5.91 Å². The molecule has 114 valence electrons. The number of rotatable bonds is 5. The Kier molecular flexibility index (Phi) is 5.34. The van der Waals surface area contributed by atoms with Gasteiger partial charge in [0.25, 0.3) is 5.91 Å². The molecular formula is C15H28N4O. The first kappa shape index (κ1) is 16.7. The van der Waals surface area contributed by atoms with Crippen LogP contribution in [0.4, 0.5) is 0 Å². The normalized spacial score (nSPS) is 13.3. The van der Waals surface area contributed by atoms with Crippen molar-refractivity contribution in [1.82, 2.24) is 14.7 Å². The Morgan fingerprint density at radius 3 is 2.60 bits per heavy atom. The fraction of sp³-hybridized carbons (Fsp3) is 0.733. The highest BCUT2D eigenvalue weighted by molar-refractivity contribution is 5.95. The lowest BCUT2D eigenvalue weighted by Crippen LogP contribution is -2.43. The number of hydrogen-bond donors (Lipinski definition) is 1. The molecule has 2 N–H and O–H groups in total. The third-order valence-corrected chi connectivity index (χ3v) is 4.06. The first-order chi connectivity index (χ1) is 9.20. The second kappa shape index (κ2) is 6.39. The third-order valence-electron chi connectivity index (χ3n) is 4.06. The molecule has 0 spiro atoms. The standard InChI is InChI=1S/C15H28N4O/c1-11-13(10-17-19(11)9-7-8-16)14(20)18(6)12(2)15(3,4)5/h10,12H,7-9,16H2,1-6H3. The van der Waals surface area contributed by atoms with Gasteiger partial charge in [0.05, 0.1) is 11.8 Å². The minimum absolute atomic E-state index is 0.0314. The van der Waals surface area contributed by atoms with Crippen LogP contribution in [0.2, 0.25) is 0 Å². The van der Waals surface area contributed by atoms with Gasteiger partial charge in [-0.05, 0) is 32.2 Å². The monoisotopic (exact) mass is 280 g/mol. The van der Waals surface area contributed by atoms with Crippen molar-refractivity contribution in [2.75, 3.05) is 13.6 Å². The van der Waals surface area contributed by atoms with E-state index >= 15 is 0 Å². The number of amides is 1. The Balaban J connectivity index is 2.90. The van der Waals surface area contributed by atoms with Gasteiger partial charge in [-0.1, -0.05) is 20.8 Å². The summed E-state index contributed by atoms with van der Waals surface area (Å²) in [5.74, 6) is 0.0314. The van der Waals surface area contributed by atoms with Crippen LogP contribution in [0.5, 0.6) is 0 Å². The fourth-order valence-corrected chi connectivity index (χ4v) is 2.07. The van der Waals surface area contributed by atoms with Gasteiger partial charge >= 0.3 is 0 Å². The van der Waals surface area contributed by atoms with Gasteiger partial charge in [-0.2, -0.15) is 5.10 Å². The van der Waals surface area contributed by atoms with E-state index < -0.39 is 0 Å². The van der Waals surface area contributed by atoms with Crippen molar-refractivity contribution in [3.05, 3.63) is 17.5 Å². The number of nitrogens with zero attached hydrogens (tertiary/aromatic N) is 3. The van der Waals surface area contributed by atoms with E-state index in [9.17, 15) is 4.79 Å². The van der Waals surface area contributed by atoms with Crippen molar-refractivity contribution in [3.63, 3.8) is 0 Å². The van der Waals surface area contributed by atoms with E-state index in [1.54, 1.807) is 11.1 Å². The summed E-state index contributed by atoms with van der Waals surface area (Å²) in [7, 11) is 1.86. The number of carbonyl (C=O) groups is 1. The molecule has 0 saturated heterocycles. The second-order valence-electron chi connectivity index (χ2n) is 6.47. The Morgan fingerprint density at radius 1 is 1.50 bits per heavy atom. The number of aromatic nitrogens is 2. The van der Waals surface area contributed by atoms with Crippen LogP contribution in [0.3, 0.4) is 0 Å². The summed E-state index contributed by atoms with van der Waals surface area (Å²) in [5.41, 5.74) is 7.16. The molecule has 1 unspecified atom stereocenters. The number of nitrogens with two attached hydrogens (primary N) is 1. The maximum absolute atomic E-state index is 12.6. The quantitative estimate of drug-likeness (QED) is 0.897. The molecule has 1 amide bonds. The van der Waals surface area contributed by atoms with Gasteiger partial charge in [0, 0.05) is 25.3 Å². The van der Waals surface area contributed by atoms with Crippen molar-refractivity contribution in [3.8, 4) is 0 Å². The van der Waals surface area contributed by atoms with Crippen LogP contribution in [-0.2, 0) is 6.54 Å². The zero-order valence-corrected chi connectivity index (χ0v) is 13.6. The average Bonchev–Trinajstić information content (AvgIpc) is 2.74. The van der Waals surface area contributed by atoms with E-state index in [0.717, 1.165) is 18.7 Å². The summed E-state index contributed by atoms with van der Waals surface area (Å²) in [6.45, 7) is 11.8. The molecule has 0 saturated carbocycles. The van der Waals surface area contributed by atoms with E-state index in [1.165, 1.54) is 0 Å². The van der Waals surface area contributed by atoms with Crippen molar-refractivity contribution in [2.45, 2.75) is 53.6 Å². The Bertz CT molecular complexity index is 459. The van der Waals surface area contributed by atoms with Gasteiger partial charge < -0.3 is 10.6 Å². The molecule has 5 heteroatoms. The Morgan fingerprint density at radius 2 is 2.10 bits per heavy atom. The van der Waals surface area contributed by atoms with Crippen LogP contribution in [0, 0.1) is 12.3 Å². The molecule has 1 atom stereocenters. The lowest BCUT2D eigenvalue weighted by molar-refractivity contribution is 0.0628. The largest absolute Gasteiger partial charge is 0.338 e. The van der Waals surface area contributed by atoms with Crippen molar-refractivity contribution in [1.29, 1.82) is 0 Å². The molecule has 0 aliphatic heterocycles. The first-order valence-electron chi connectivity index (χ1n) is 7.19. The van der Waals surface area contributed by atoms with Crippen molar-refractivity contribution < 1.29 is 4.79 Å². The minimum atomic E-state index is 0.0314. The molecule has 1 heterocycles. The molecule has 1 aromatic rings. The minimum Gasteiger partial charge on any atom is -0.338 e. The predicted octanol–water partition coefficient (Wildman–Crippen LogP) is 2.05. The Hall–Kier alpha value is -1.36. The number of aryl methyl sites for hydroxylation is 1. The maximum Gasteiger partial charge on any atom is 0.257 e. The van der Waals surface area contributed by atoms with E-state index in [4.69, 9.17) is 5.73 Å². The van der Waals surface area contributed by atoms with Gasteiger partial charge in [-0.3, -0.25) is 9.48 Å². The van der Waals surface area contributed by atoms with Gasteiger partial charge in [-0.25, -0.2) is 0 Å². The zero-order chi connectivity index (χ0) is 15.5. The smallest absolute Gasteiger partial charge is 0.257 e. The Labute approximate surface area is 122 Å². The maximum atomic E-state index is 12.6. The molecule has 20 heavy (non-hydrogen) atoms. The van der Waals surface area contributed by atoms with Gasteiger partial charge in [0.2, 0.25) is 0 Å². The molecule has 5 nitrogen and oxygen atoms in total. The summed E-state index contributed by atoms with van der Waals surface area (Å²) in [6, 6.07) is 0.154. The lowest BCUT2D eigenvalue weighted by Gasteiger charge is -2.35. The highest BCUT2D eigenvalue weighted by Gasteiger charge is 2.29. The van der Waals surface area contributed by atoms with E-state index in [1.807, 2.05) is 18.7 Å². The molecule has 1 rings (SSSR count). The molecule has 0 aliphatic carbocycles. The summed E-state index contributed by atoms with van der Waals surface area (Å²) in [5, 5.41) is 4.29. The van der Waals surface area contributed by atoms with Crippen LogP contribution in [0.1, 0.15) is 50.2 Å². The van der Waals surface area contributed by atoms with E-state index in [0.29, 0.717) is 12.1 Å². The molecular weight excluding hydrogens is 252 g/mol. The van der Waals surface area contributed by atoms with E-state index in [-0.39, 0.29) is 17.4 Å². The molecule has 1 aromatic heterocycles. The van der Waals surface area contributed by atoms with Crippen LogP contribution in [0.15, 0.2) is 6.20 Å². The highest BCUT2D eigenvalue weighted by atomic mass is 16.2. The molecule has 0 radical (unpaired) electrons. The van der Waals surface area contributed by atoms with Crippen LogP contribution < -0.4 is 5.73 Å².